The van der Waals surface area contributed by atoms with Crippen molar-refractivity contribution >= 4 is 11.9 Å². The van der Waals surface area contributed by atoms with Gasteiger partial charge in [-0.25, -0.2) is 0 Å². The molecule has 0 heterocycles. The van der Waals surface area contributed by atoms with E-state index in [1.807, 2.05) is 12.2 Å². The van der Waals surface area contributed by atoms with Crippen molar-refractivity contribution in [2.75, 3.05) is 0 Å². The van der Waals surface area contributed by atoms with Crippen molar-refractivity contribution in [3.63, 3.8) is 0 Å². The normalized spacial score (nSPS) is 28.9. The fourth-order valence-electron chi connectivity index (χ4n) is 2.93. The van der Waals surface area contributed by atoms with E-state index in [2.05, 4.69) is 5.32 Å². The molecule has 0 saturated heterocycles. The van der Waals surface area contributed by atoms with Crippen molar-refractivity contribution in [2.24, 2.45) is 11.8 Å². The number of carbonyl (C=O) groups excluding carboxylic acids is 1. The fourth-order valence-corrected chi connectivity index (χ4v) is 2.93. The molecular weight excluding hydrogens is 230 g/mol. The van der Waals surface area contributed by atoms with Crippen molar-refractivity contribution in [3.8, 4) is 0 Å². The number of hydrogen-bond donors (Lipinski definition) is 2. The molecule has 0 spiro atoms. The zero-order valence-corrected chi connectivity index (χ0v) is 10.6. The molecule has 0 aromatic rings. The highest BCUT2D eigenvalue weighted by molar-refractivity contribution is 5.85. The van der Waals surface area contributed by atoms with Gasteiger partial charge in [0.25, 0.3) is 0 Å². The molecule has 0 radical (unpaired) electrons. The summed E-state index contributed by atoms with van der Waals surface area (Å²) in [4.78, 5) is 23.3. The molecule has 0 aromatic carbocycles. The van der Waals surface area contributed by atoms with Gasteiger partial charge in [0.1, 0.15) is 0 Å². The van der Waals surface area contributed by atoms with Crippen LogP contribution in [-0.2, 0) is 9.59 Å². The summed E-state index contributed by atoms with van der Waals surface area (Å²) < 4.78 is 0. The van der Waals surface area contributed by atoms with Crippen molar-refractivity contribution in [3.05, 3.63) is 12.2 Å². The number of nitrogens with one attached hydrogen (secondary N) is 1. The standard InChI is InChI=1S/C14H21NO3/c16-13(15-10-6-2-1-3-7-10)11-8-4-5-9-12(11)14(17)18/h4-5,10-12H,1-3,6-9H2,(H,15,16)(H,17,18)/t11-,12+/m0/s1. The smallest absolute Gasteiger partial charge is 0.307 e. The Labute approximate surface area is 107 Å². The van der Waals surface area contributed by atoms with E-state index >= 15 is 0 Å². The van der Waals surface area contributed by atoms with Crippen LogP contribution in [0.2, 0.25) is 0 Å². The summed E-state index contributed by atoms with van der Waals surface area (Å²) in [6.45, 7) is 0. The molecule has 2 aliphatic rings. The first-order chi connectivity index (χ1) is 8.68. The molecule has 4 heteroatoms. The minimum Gasteiger partial charge on any atom is -0.481 e. The van der Waals surface area contributed by atoms with Crippen molar-refractivity contribution in [1.82, 2.24) is 5.32 Å². The number of amides is 1. The minimum absolute atomic E-state index is 0.0707. The van der Waals surface area contributed by atoms with Crippen molar-refractivity contribution in [1.29, 1.82) is 0 Å². The van der Waals surface area contributed by atoms with Crippen molar-refractivity contribution < 1.29 is 14.7 Å². The summed E-state index contributed by atoms with van der Waals surface area (Å²) in [5.74, 6) is -1.88. The van der Waals surface area contributed by atoms with Gasteiger partial charge >= 0.3 is 5.97 Å². The fraction of sp³-hybridized carbons (Fsp3) is 0.714. The Morgan fingerprint density at radius 1 is 1.00 bits per heavy atom. The average molecular weight is 251 g/mol. The number of allylic oxidation sites excluding steroid dienone is 2. The molecule has 1 fully saturated rings. The second-order valence-corrected chi connectivity index (χ2v) is 5.34. The lowest BCUT2D eigenvalue weighted by Gasteiger charge is -2.28. The van der Waals surface area contributed by atoms with Crippen LogP contribution in [0.25, 0.3) is 0 Å². The number of carboxylic acids is 1. The Morgan fingerprint density at radius 3 is 2.22 bits per heavy atom. The molecule has 2 aliphatic carbocycles. The highest BCUT2D eigenvalue weighted by Gasteiger charge is 2.34. The van der Waals surface area contributed by atoms with Gasteiger partial charge in [-0.3, -0.25) is 9.59 Å². The molecule has 0 unspecified atom stereocenters. The molecule has 1 saturated carbocycles. The van der Waals surface area contributed by atoms with Crippen LogP contribution < -0.4 is 5.32 Å². The molecule has 0 aromatic heterocycles. The van der Waals surface area contributed by atoms with Crippen molar-refractivity contribution in [2.45, 2.75) is 51.0 Å². The third-order valence-electron chi connectivity index (χ3n) is 4.04. The second kappa shape index (κ2) is 6.03. The van der Waals surface area contributed by atoms with E-state index in [0.29, 0.717) is 12.8 Å². The maximum absolute atomic E-state index is 12.2. The van der Waals surface area contributed by atoms with Crippen LogP contribution >= 0.6 is 0 Å². The molecular formula is C14H21NO3. The number of hydrogen-bond acceptors (Lipinski definition) is 2. The van der Waals surface area contributed by atoms with E-state index < -0.39 is 17.8 Å². The van der Waals surface area contributed by atoms with E-state index in [9.17, 15) is 9.59 Å². The molecule has 0 aliphatic heterocycles. The molecule has 18 heavy (non-hydrogen) atoms. The van der Waals surface area contributed by atoms with Gasteiger partial charge in [0.2, 0.25) is 5.91 Å². The van der Waals surface area contributed by atoms with Gasteiger partial charge in [-0.15, -0.1) is 0 Å². The maximum Gasteiger partial charge on any atom is 0.307 e. The first kappa shape index (κ1) is 13.1. The SMILES string of the molecule is O=C(NC1CCCCC1)[C@H]1CC=CC[C@H]1C(=O)O. The van der Waals surface area contributed by atoms with E-state index in [-0.39, 0.29) is 11.9 Å². The molecule has 1 amide bonds. The van der Waals surface area contributed by atoms with Gasteiger partial charge < -0.3 is 10.4 Å². The monoisotopic (exact) mass is 251 g/mol. The zero-order valence-electron chi connectivity index (χ0n) is 10.6. The van der Waals surface area contributed by atoms with Crippen LogP contribution in [0.4, 0.5) is 0 Å². The maximum atomic E-state index is 12.2. The van der Waals surface area contributed by atoms with Gasteiger partial charge in [0, 0.05) is 6.04 Å². The van der Waals surface area contributed by atoms with Gasteiger partial charge in [-0.1, -0.05) is 31.4 Å². The molecule has 0 bridgehead atoms. The van der Waals surface area contributed by atoms with Crippen LogP contribution in [0.15, 0.2) is 12.2 Å². The summed E-state index contributed by atoms with van der Waals surface area (Å²) in [6, 6.07) is 0.256. The second-order valence-electron chi connectivity index (χ2n) is 5.34. The predicted molar refractivity (Wildman–Crippen MR) is 68.0 cm³/mol. The lowest BCUT2D eigenvalue weighted by molar-refractivity contribution is -0.147. The van der Waals surface area contributed by atoms with E-state index in [1.165, 1.54) is 6.42 Å². The summed E-state index contributed by atoms with van der Waals surface area (Å²) in [7, 11) is 0. The Hall–Kier alpha value is -1.32. The largest absolute Gasteiger partial charge is 0.481 e. The number of carboxylic acid groups (broad SMARTS) is 1. The topological polar surface area (TPSA) is 66.4 Å². The first-order valence-corrected chi connectivity index (χ1v) is 6.86. The van der Waals surface area contributed by atoms with Crippen LogP contribution in [0, 0.1) is 11.8 Å². The van der Waals surface area contributed by atoms with Crippen LogP contribution in [0.5, 0.6) is 0 Å². The highest BCUT2D eigenvalue weighted by atomic mass is 16.4. The third-order valence-corrected chi connectivity index (χ3v) is 4.04. The van der Waals surface area contributed by atoms with Crippen LogP contribution in [0.1, 0.15) is 44.9 Å². The van der Waals surface area contributed by atoms with Gasteiger partial charge in [0.05, 0.1) is 11.8 Å². The molecule has 2 N–H and O–H groups in total. The number of rotatable bonds is 3. The zero-order chi connectivity index (χ0) is 13.0. The molecule has 100 valence electrons. The Balaban J connectivity index is 1.93. The van der Waals surface area contributed by atoms with Gasteiger partial charge in [-0.2, -0.15) is 0 Å². The summed E-state index contributed by atoms with van der Waals surface area (Å²) in [5.41, 5.74) is 0. The first-order valence-electron chi connectivity index (χ1n) is 6.86. The average Bonchev–Trinajstić information content (AvgIpc) is 2.40. The quantitative estimate of drug-likeness (QED) is 0.755. The number of carbonyl (C=O) groups is 2. The van der Waals surface area contributed by atoms with E-state index in [0.717, 1.165) is 25.7 Å². The van der Waals surface area contributed by atoms with Gasteiger partial charge in [-0.05, 0) is 25.7 Å². The van der Waals surface area contributed by atoms with Gasteiger partial charge in [0.15, 0.2) is 0 Å². The molecule has 2 atom stereocenters. The summed E-state index contributed by atoms with van der Waals surface area (Å²) in [5, 5.41) is 12.2. The predicted octanol–water partition coefficient (Wildman–Crippen LogP) is 2.10. The third kappa shape index (κ3) is 3.12. The molecule has 4 nitrogen and oxygen atoms in total. The van der Waals surface area contributed by atoms with Crippen LogP contribution in [0.3, 0.4) is 0 Å². The Bertz CT molecular complexity index is 345. The Kier molecular flexibility index (Phi) is 4.39. The highest BCUT2D eigenvalue weighted by Crippen LogP contribution is 2.27. The van der Waals surface area contributed by atoms with Crippen LogP contribution in [-0.4, -0.2) is 23.0 Å². The number of aliphatic carboxylic acids is 1. The lowest BCUT2D eigenvalue weighted by Crippen LogP contribution is -2.44. The van der Waals surface area contributed by atoms with E-state index in [4.69, 9.17) is 5.11 Å². The summed E-state index contributed by atoms with van der Waals surface area (Å²) >= 11 is 0. The summed E-state index contributed by atoms with van der Waals surface area (Å²) in [6.07, 6.45) is 10.4. The van der Waals surface area contributed by atoms with E-state index in [1.54, 1.807) is 0 Å². The minimum atomic E-state index is -0.858. The lowest BCUT2D eigenvalue weighted by atomic mass is 9.82. The molecule has 2 rings (SSSR count). The Morgan fingerprint density at radius 2 is 1.61 bits per heavy atom.